The van der Waals surface area contributed by atoms with Crippen molar-refractivity contribution >= 4 is 36.7 Å². The zero-order chi connectivity index (χ0) is 15.3. The summed E-state index contributed by atoms with van der Waals surface area (Å²) in [5.41, 5.74) is 5.89. The Kier molecular flexibility index (Phi) is 11.9. The third-order valence-corrected chi connectivity index (χ3v) is 3.99. The molecule has 1 saturated heterocycles. The normalized spacial score (nSPS) is 23.8. The molecule has 0 aromatic rings. The Balaban J connectivity index is 0. The van der Waals surface area contributed by atoms with Crippen LogP contribution in [0.2, 0.25) is 0 Å². The van der Waals surface area contributed by atoms with Crippen molar-refractivity contribution < 1.29 is 14.7 Å². The van der Waals surface area contributed by atoms with Crippen molar-refractivity contribution in [3.8, 4) is 0 Å². The van der Waals surface area contributed by atoms with Crippen molar-refractivity contribution in [1.82, 2.24) is 10.2 Å². The summed E-state index contributed by atoms with van der Waals surface area (Å²) in [4.78, 5) is 24.4. The number of halogens is 2. The molecule has 132 valence electrons. The van der Waals surface area contributed by atoms with Gasteiger partial charge in [-0.2, -0.15) is 0 Å². The van der Waals surface area contributed by atoms with Gasteiger partial charge in [-0.15, -0.1) is 24.8 Å². The van der Waals surface area contributed by atoms with Gasteiger partial charge < -0.3 is 16.2 Å². The molecule has 1 rings (SSSR count). The van der Waals surface area contributed by atoms with E-state index in [9.17, 15) is 14.7 Å². The molecular formula is C14H29Cl2N3O3. The van der Waals surface area contributed by atoms with Crippen molar-refractivity contribution in [2.24, 2.45) is 11.7 Å². The predicted octanol–water partition coefficient (Wildman–Crippen LogP) is 1.26. The number of hydrogen-bond donors (Lipinski definition) is 3. The lowest BCUT2D eigenvalue weighted by Gasteiger charge is -2.30. The van der Waals surface area contributed by atoms with Crippen LogP contribution in [-0.4, -0.2) is 53.1 Å². The first kappa shape index (κ1) is 23.7. The van der Waals surface area contributed by atoms with Gasteiger partial charge in [0.15, 0.2) is 0 Å². The number of aliphatic carboxylic acids is 1. The third kappa shape index (κ3) is 7.13. The minimum Gasteiger partial charge on any atom is -0.480 e. The summed E-state index contributed by atoms with van der Waals surface area (Å²) in [6.07, 6.45) is 2.47. The number of carboxylic acids is 1. The van der Waals surface area contributed by atoms with Crippen molar-refractivity contribution in [2.45, 2.75) is 58.2 Å². The maximum Gasteiger partial charge on any atom is 0.320 e. The summed E-state index contributed by atoms with van der Waals surface area (Å²) in [6.45, 7) is 6.86. The maximum atomic E-state index is 11.3. The minimum absolute atomic E-state index is 0. The molecule has 6 nitrogen and oxygen atoms in total. The Morgan fingerprint density at radius 3 is 2.45 bits per heavy atom. The van der Waals surface area contributed by atoms with Gasteiger partial charge in [-0.3, -0.25) is 14.5 Å². The summed E-state index contributed by atoms with van der Waals surface area (Å²) in [6, 6.07) is -0.526. The Morgan fingerprint density at radius 1 is 1.41 bits per heavy atom. The van der Waals surface area contributed by atoms with Crippen molar-refractivity contribution in [3.63, 3.8) is 0 Å². The fraction of sp³-hybridized carbons (Fsp3) is 0.857. The molecular weight excluding hydrogens is 329 g/mol. The van der Waals surface area contributed by atoms with Crippen molar-refractivity contribution in [2.75, 3.05) is 13.1 Å². The summed E-state index contributed by atoms with van der Waals surface area (Å²) >= 11 is 0. The molecule has 0 bridgehead atoms. The van der Waals surface area contributed by atoms with Gasteiger partial charge in [0.25, 0.3) is 0 Å². The number of hydrogen-bond acceptors (Lipinski definition) is 4. The number of carbonyl (C=O) groups excluding carboxylic acids is 1. The minimum atomic E-state index is -0.805. The van der Waals surface area contributed by atoms with E-state index in [0.29, 0.717) is 19.5 Å². The van der Waals surface area contributed by atoms with Gasteiger partial charge in [-0.25, -0.2) is 0 Å². The number of nitrogens with zero attached hydrogens (tertiary/aromatic N) is 1. The fourth-order valence-electron chi connectivity index (χ4n) is 3.01. The topological polar surface area (TPSA) is 95.7 Å². The zero-order valence-electron chi connectivity index (χ0n) is 13.4. The second-order valence-corrected chi connectivity index (χ2v) is 5.84. The molecule has 8 heteroatoms. The lowest BCUT2D eigenvalue weighted by molar-refractivity contribution is -0.142. The van der Waals surface area contributed by atoms with Gasteiger partial charge in [-0.1, -0.05) is 13.3 Å². The molecule has 1 aliphatic heterocycles. The van der Waals surface area contributed by atoms with Crippen LogP contribution >= 0.6 is 24.8 Å². The standard InChI is InChI=1S/C14H27N3O3.2ClH/c1-4-5-11(9(2)16-10(3)18)7-17-8-12(15)6-13(17)14(19)20;;/h9,11-13H,4-8,15H2,1-3H3,(H,16,18)(H,19,20);2*1H/t9?,11?,12-,13-;;/m1../s1. The van der Waals surface area contributed by atoms with Gasteiger partial charge in [0.2, 0.25) is 5.91 Å². The SMILES string of the molecule is CCCC(CN1C[C@H](N)C[C@@H]1C(=O)O)C(C)NC(C)=O.Cl.Cl. The number of likely N-dealkylation sites (tertiary alicyclic amines) is 1. The molecule has 1 aliphatic rings. The monoisotopic (exact) mass is 357 g/mol. The smallest absolute Gasteiger partial charge is 0.320 e. The van der Waals surface area contributed by atoms with E-state index in [1.165, 1.54) is 6.92 Å². The number of rotatable bonds is 7. The first-order chi connectivity index (χ1) is 9.35. The molecule has 4 N–H and O–H groups in total. The molecule has 22 heavy (non-hydrogen) atoms. The Morgan fingerprint density at radius 2 is 2.00 bits per heavy atom. The molecule has 2 unspecified atom stereocenters. The van der Waals surface area contributed by atoms with E-state index in [2.05, 4.69) is 12.2 Å². The Bertz CT molecular complexity index is 358. The lowest BCUT2D eigenvalue weighted by atomic mass is 9.95. The van der Waals surface area contributed by atoms with E-state index in [-0.39, 0.29) is 48.7 Å². The lowest BCUT2D eigenvalue weighted by Crippen LogP contribution is -2.45. The van der Waals surface area contributed by atoms with Gasteiger partial charge in [0.1, 0.15) is 6.04 Å². The van der Waals surface area contributed by atoms with E-state index in [1.54, 1.807) is 0 Å². The van der Waals surface area contributed by atoms with Crippen LogP contribution in [0.25, 0.3) is 0 Å². The molecule has 0 aromatic heterocycles. The summed E-state index contributed by atoms with van der Waals surface area (Å²) in [5, 5.41) is 12.2. The van der Waals surface area contributed by atoms with Gasteiger partial charge in [-0.05, 0) is 25.7 Å². The van der Waals surface area contributed by atoms with Crippen LogP contribution in [0, 0.1) is 5.92 Å². The van der Waals surface area contributed by atoms with E-state index in [1.807, 2.05) is 11.8 Å². The van der Waals surface area contributed by atoms with Crippen LogP contribution in [0.1, 0.15) is 40.0 Å². The zero-order valence-corrected chi connectivity index (χ0v) is 15.1. The number of nitrogens with one attached hydrogen (secondary N) is 1. The highest BCUT2D eigenvalue weighted by atomic mass is 35.5. The number of amides is 1. The third-order valence-electron chi connectivity index (χ3n) is 3.99. The second-order valence-electron chi connectivity index (χ2n) is 5.84. The molecule has 0 aromatic carbocycles. The van der Waals surface area contributed by atoms with E-state index >= 15 is 0 Å². The Hall–Kier alpha value is -0.560. The molecule has 0 spiro atoms. The van der Waals surface area contributed by atoms with Crippen LogP contribution in [0.15, 0.2) is 0 Å². The molecule has 1 fully saturated rings. The molecule has 0 saturated carbocycles. The molecule has 1 amide bonds. The van der Waals surface area contributed by atoms with Crippen LogP contribution < -0.4 is 11.1 Å². The van der Waals surface area contributed by atoms with Crippen molar-refractivity contribution in [3.05, 3.63) is 0 Å². The van der Waals surface area contributed by atoms with Gasteiger partial charge >= 0.3 is 5.97 Å². The highest BCUT2D eigenvalue weighted by molar-refractivity contribution is 5.85. The quantitative estimate of drug-likeness (QED) is 0.637. The number of carboxylic acid groups (broad SMARTS) is 1. The number of nitrogens with two attached hydrogens (primary N) is 1. The first-order valence-corrected chi connectivity index (χ1v) is 7.34. The summed E-state index contributed by atoms with van der Waals surface area (Å²) < 4.78 is 0. The largest absolute Gasteiger partial charge is 0.480 e. The van der Waals surface area contributed by atoms with Crippen molar-refractivity contribution in [1.29, 1.82) is 0 Å². The fourth-order valence-corrected chi connectivity index (χ4v) is 3.01. The van der Waals surface area contributed by atoms with E-state index in [4.69, 9.17) is 5.73 Å². The highest BCUT2D eigenvalue weighted by Crippen LogP contribution is 2.22. The highest BCUT2D eigenvalue weighted by Gasteiger charge is 2.36. The maximum absolute atomic E-state index is 11.3. The van der Waals surface area contributed by atoms with Gasteiger partial charge in [0, 0.05) is 32.1 Å². The molecule has 4 atom stereocenters. The average Bonchev–Trinajstić information content (AvgIpc) is 2.69. The summed E-state index contributed by atoms with van der Waals surface area (Å²) in [5.74, 6) is -0.608. The van der Waals surface area contributed by atoms with Crippen LogP contribution in [0.3, 0.4) is 0 Å². The first-order valence-electron chi connectivity index (χ1n) is 7.34. The van der Waals surface area contributed by atoms with Crippen LogP contribution in [0.4, 0.5) is 0 Å². The van der Waals surface area contributed by atoms with E-state index in [0.717, 1.165) is 12.8 Å². The Labute approximate surface area is 145 Å². The predicted molar refractivity (Wildman–Crippen MR) is 91.8 cm³/mol. The van der Waals surface area contributed by atoms with E-state index < -0.39 is 12.0 Å². The molecule has 0 aliphatic carbocycles. The second kappa shape index (κ2) is 11.0. The van der Waals surface area contributed by atoms with Crippen LogP contribution in [0.5, 0.6) is 0 Å². The van der Waals surface area contributed by atoms with Crippen LogP contribution in [-0.2, 0) is 9.59 Å². The molecule has 0 radical (unpaired) electrons. The molecule has 1 heterocycles. The average molecular weight is 358 g/mol. The number of carbonyl (C=O) groups is 2. The van der Waals surface area contributed by atoms with Gasteiger partial charge in [0.05, 0.1) is 0 Å². The summed E-state index contributed by atoms with van der Waals surface area (Å²) in [7, 11) is 0.